The molecular weight excluding hydrogens is 408 g/mol. The number of aliphatic hydroxyl groups excluding tert-OH is 1. The van der Waals surface area contributed by atoms with Gasteiger partial charge >= 0.3 is 0 Å². The molecule has 0 aromatic heterocycles. The first-order valence-corrected chi connectivity index (χ1v) is 13.9. The highest BCUT2D eigenvalue weighted by Crippen LogP contribution is 2.69. The van der Waals surface area contributed by atoms with Crippen LogP contribution in [-0.4, -0.2) is 30.0 Å². The maximum absolute atomic E-state index is 10.4. The van der Waals surface area contributed by atoms with E-state index >= 15 is 0 Å². The van der Waals surface area contributed by atoms with Crippen molar-refractivity contribution >= 4 is 0 Å². The first kappa shape index (κ1) is 23.7. The third-order valence-electron chi connectivity index (χ3n) is 10.7. The van der Waals surface area contributed by atoms with Gasteiger partial charge in [-0.05, 0) is 102 Å². The molecule has 2 unspecified atom stereocenters. The zero-order valence-electron chi connectivity index (χ0n) is 21.3. The van der Waals surface area contributed by atoms with Gasteiger partial charge < -0.3 is 14.6 Å². The number of hydrogen-bond donors (Lipinski definition) is 1. The van der Waals surface area contributed by atoms with Crippen LogP contribution in [0.3, 0.4) is 0 Å². The summed E-state index contributed by atoms with van der Waals surface area (Å²) in [5, 5.41) is 10.4. The van der Waals surface area contributed by atoms with Gasteiger partial charge in [0, 0.05) is 30.3 Å². The molecule has 0 aliphatic heterocycles. The number of fused-ring (bicyclic) bond motifs is 5. The predicted octanol–water partition coefficient (Wildman–Crippen LogP) is 7.12. The van der Waals surface area contributed by atoms with E-state index in [1.54, 1.807) is 0 Å². The number of rotatable bonds is 7. The Morgan fingerprint density at radius 2 is 1.94 bits per heavy atom. The lowest BCUT2D eigenvalue weighted by Gasteiger charge is -2.60. The molecule has 5 aliphatic rings. The summed E-state index contributed by atoms with van der Waals surface area (Å²) in [5.41, 5.74) is 1.87. The zero-order chi connectivity index (χ0) is 23.1. The summed E-state index contributed by atoms with van der Waals surface area (Å²) in [6.45, 7) is 8.49. The minimum Gasteiger partial charge on any atom is -0.491 e. The van der Waals surface area contributed by atoms with E-state index in [9.17, 15) is 5.11 Å². The Kier molecular flexibility index (Phi) is 6.59. The van der Waals surface area contributed by atoms with E-state index in [0.717, 1.165) is 57.2 Å². The third-order valence-corrected chi connectivity index (χ3v) is 10.7. The molecule has 33 heavy (non-hydrogen) atoms. The van der Waals surface area contributed by atoms with Crippen molar-refractivity contribution in [1.82, 2.24) is 0 Å². The highest BCUT2D eigenvalue weighted by atomic mass is 16.5. The Hall–Kier alpha value is -1.06. The highest BCUT2D eigenvalue weighted by molar-refractivity contribution is 5.28. The van der Waals surface area contributed by atoms with Gasteiger partial charge in [0.2, 0.25) is 0 Å². The van der Waals surface area contributed by atoms with Crippen LogP contribution < -0.4 is 0 Å². The Bertz CT molecular complexity index is 811. The van der Waals surface area contributed by atoms with Crippen LogP contribution in [0.4, 0.5) is 0 Å². The summed E-state index contributed by atoms with van der Waals surface area (Å²) in [4.78, 5) is 0. The third kappa shape index (κ3) is 3.77. The Labute approximate surface area is 201 Å². The molecule has 3 nitrogen and oxygen atoms in total. The standard InChI is InChI=1S/C30H46O3/c1-4-6-16-30(33-24-9-7-8-10-24)19-15-26-25-12-11-22-20-23(31)13-18-29(22,21-32-5-2)27(25)14-17-28(26,30)3/h4,6,9,20,23,25-27,31H,5,7-8,10-19,21H2,1-3H3/t23?,25-,26-,27+,28-,29+,30?/m0/s1. The largest absolute Gasteiger partial charge is 0.491 e. The molecular formula is C30H46O3. The van der Waals surface area contributed by atoms with E-state index in [4.69, 9.17) is 9.47 Å². The molecule has 184 valence electrons. The van der Waals surface area contributed by atoms with E-state index in [0.29, 0.717) is 5.92 Å². The van der Waals surface area contributed by atoms with Gasteiger partial charge in [-0.3, -0.25) is 0 Å². The molecule has 7 atom stereocenters. The second-order valence-corrected chi connectivity index (χ2v) is 11.9. The van der Waals surface area contributed by atoms with Gasteiger partial charge in [0.15, 0.2) is 0 Å². The van der Waals surface area contributed by atoms with Crippen LogP contribution in [0.1, 0.15) is 97.8 Å². The van der Waals surface area contributed by atoms with Crippen LogP contribution in [0.5, 0.6) is 0 Å². The monoisotopic (exact) mass is 454 g/mol. The highest BCUT2D eigenvalue weighted by Gasteiger charge is 2.65. The zero-order valence-corrected chi connectivity index (χ0v) is 21.3. The fraction of sp³-hybridized carbons (Fsp3) is 0.800. The molecule has 5 aliphatic carbocycles. The van der Waals surface area contributed by atoms with Gasteiger partial charge in [-0.25, -0.2) is 0 Å². The minimum atomic E-state index is -0.256. The van der Waals surface area contributed by atoms with Crippen LogP contribution in [-0.2, 0) is 9.47 Å². The summed E-state index contributed by atoms with van der Waals surface area (Å²) in [5.74, 6) is 3.45. The maximum atomic E-state index is 10.4. The van der Waals surface area contributed by atoms with Crippen LogP contribution in [0.15, 0.2) is 35.6 Å². The summed E-state index contributed by atoms with van der Waals surface area (Å²) < 4.78 is 13.2. The van der Waals surface area contributed by atoms with Gasteiger partial charge in [0.25, 0.3) is 0 Å². The maximum Gasteiger partial charge on any atom is 0.118 e. The van der Waals surface area contributed by atoms with Crippen molar-refractivity contribution in [3.05, 3.63) is 35.6 Å². The molecule has 0 amide bonds. The lowest BCUT2D eigenvalue weighted by molar-refractivity contribution is -0.147. The van der Waals surface area contributed by atoms with Crippen LogP contribution in [0, 0.1) is 28.6 Å². The van der Waals surface area contributed by atoms with Crippen molar-refractivity contribution in [2.45, 2.75) is 110 Å². The Morgan fingerprint density at radius 3 is 2.70 bits per heavy atom. The molecule has 0 aromatic rings. The Balaban J connectivity index is 1.47. The average molecular weight is 455 g/mol. The van der Waals surface area contributed by atoms with Crippen molar-refractivity contribution in [3.63, 3.8) is 0 Å². The van der Waals surface area contributed by atoms with Crippen molar-refractivity contribution in [2.75, 3.05) is 13.2 Å². The first-order chi connectivity index (χ1) is 16.0. The quantitative estimate of drug-likeness (QED) is 0.416. The number of hydrogen-bond acceptors (Lipinski definition) is 3. The second kappa shape index (κ2) is 9.19. The van der Waals surface area contributed by atoms with Gasteiger partial charge in [0.1, 0.15) is 5.60 Å². The van der Waals surface area contributed by atoms with Crippen LogP contribution in [0.2, 0.25) is 0 Å². The molecule has 3 fully saturated rings. The molecule has 1 N–H and O–H groups in total. The smallest absolute Gasteiger partial charge is 0.118 e. The fourth-order valence-electron chi connectivity index (χ4n) is 8.99. The Morgan fingerprint density at radius 1 is 1.09 bits per heavy atom. The number of ether oxygens (including phenoxy) is 2. The summed E-state index contributed by atoms with van der Waals surface area (Å²) >= 11 is 0. The van der Waals surface area contributed by atoms with Crippen molar-refractivity contribution in [1.29, 1.82) is 0 Å². The molecule has 0 aromatic carbocycles. The van der Waals surface area contributed by atoms with E-state index < -0.39 is 0 Å². The van der Waals surface area contributed by atoms with Gasteiger partial charge in [0.05, 0.1) is 18.5 Å². The van der Waals surface area contributed by atoms with Crippen molar-refractivity contribution < 1.29 is 14.6 Å². The molecule has 0 bridgehead atoms. The molecule has 0 radical (unpaired) electrons. The van der Waals surface area contributed by atoms with E-state index in [2.05, 4.69) is 45.1 Å². The van der Waals surface area contributed by atoms with Crippen molar-refractivity contribution in [2.24, 2.45) is 28.6 Å². The van der Waals surface area contributed by atoms with Gasteiger partial charge in [-0.15, -0.1) is 0 Å². The first-order valence-electron chi connectivity index (χ1n) is 13.9. The topological polar surface area (TPSA) is 38.7 Å². The van der Waals surface area contributed by atoms with E-state index in [1.807, 2.05) is 0 Å². The van der Waals surface area contributed by atoms with Gasteiger partial charge in [-0.1, -0.05) is 30.7 Å². The van der Waals surface area contributed by atoms with E-state index in [1.165, 1.54) is 56.3 Å². The summed E-state index contributed by atoms with van der Waals surface area (Å²) in [7, 11) is 0. The molecule has 3 heteroatoms. The predicted molar refractivity (Wildman–Crippen MR) is 134 cm³/mol. The number of allylic oxidation sites excluding steroid dienone is 3. The van der Waals surface area contributed by atoms with Crippen molar-refractivity contribution in [3.8, 4) is 0 Å². The SMILES string of the molecule is CC=CCC1(OC2=CCCC2)CC[C@H]2[C@@H]3CCC4=CC(O)CC[C@]4(COCC)[C@@H]3CC[C@@]21C. The normalized spacial score (nSPS) is 44.7. The molecule has 0 saturated heterocycles. The number of aliphatic hydroxyl groups is 1. The lowest BCUT2D eigenvalue weighted by Crippen LogP contribution is -2.57. The molecule has 5 rings (SSSR count). The fourth-order valence-corrected chi connectivity index (χ4v) is 8.99. The second-order valence-electron chi connectivity index (χ2n) is 11.9. The lowest BCUT2D eigenvalue weighted by atomic mass is 9.46. The summed E-state index contributed by atoms with van der Waals surface area (Å²) in [6.07, 6.45) is 23.0. The van der Waals surface area contributed by atoms with Crippen LogP contribution in [0.25, 0.3) is 0 Å². The molecule has 0 heterocycles. The molecule has 3 saturated carbocycles. The summed E-state index contributed by atoms with van der Waals surface area (Å²) in [6, 6.07) is 0. The average Bonchev–Trinajstić information content (AvgIpc) is 3.42. The van der Waals surface area contributed by atoms with E-state index in [-0.39, 0.29) is 22.5 Å². The van der Waals surface area contributed by atoms with Gasteiger partial charge in [-0.2, -0.15) is 0 Å². The minimum absolute atomic E-state index is 0.0444. The molecule has 0 spiro atoms. The van der Waals surface area contributed by atoms with Crippen LogP contribution >= 0.6 is 0 Å².